The third kappa shape index (κ3) is 3.12. The third-order valence-electron chi connectivity index (χ3n) is 4.42. The van der Waals surface area contributed by atoms with Gasteiger partial charge >= 0.3 is 11.9 Å². The van der Waals surface area contributed by atoms with Crippen LogP contribution >= 0.6 is 0 Å². The molecular weight excluding hydrogens is 258 g/mol. The first kappa shape index (κ1) is 16.5. The Balaban J connectivity index is 3.14. The predicted molar refractivity (Wildman–Crippen MR) is 72.8 cm³/mol. The summed E-state index contributed by atoms with van der Waals surface area (Å²) in [6.45, 7) is 3.92. The molecule has 1 aliphatic rings. The Morgan fingerprint density at radius 3 is 2.15 bits per heavy atom. The highest BCUT2D eigenvalue weighted by Crippen LogP contribution is 2.47. The Morgan fingerprint density at radius 1 is 1.25 bits per heavy atom. The van der Waals surface area contributed by atoms with Crippen molar-refractivity contribution in [2.24, 2.45) is 23.2 Å². The number of carboxylic acids is 2. The summed E-state index contributed by atoms with van der Waals surface area (Å²) in [6, 6.07) is 1.88. The molecule has 112 valence electrons. The Morgan fingerprint density at radius 2 is 1.80 bits per heavy atom. The third-order valence-corrected chi connectivity index (χ3v) is 4.42. The van der Waals surface area contributed by atoms with Gasteiger partial charge in [0.05, 0.1) is 12.0 Å². The SMILES string of the molecule is CC(C)CCC(C(=O)O)C(C#N)(C(=O)O)C1CCCC1. The topological polar surface area (TPSA) is 98.4 Å². The maximum atomic E-state index is 11.7. The molecule has 0 amide bonds. The van der Waals surface area contributed by atoms with Crippen LogP contribution in [0.15, 0.2) is 0 Å². The van der Waals surface area contributed by atoms with E-state index in [0.717, 1.165) is 12.8 Å². The van der Waals surface area contributed by atoms with Gasteiger partial charge in [-0.15, -0.1) is 0 Å². The largest absolute Gasteiger partial charge is 0.481 e. The van der Waals surface area contributed by atoms with Crippen molar-refractivity contribution in [3.8, 4) is 6.07 Å². The molecule has 20 heavy (non-hydrogen) atoms. The number of aliphatic carboxylic acids is 2. The molecule has 0 aromatic rings. The molecular formula is C15H23NO4. The predicted octanol–water partition coefficient (Wildman–Crippen LogP) is 2.91. The van der Waals surface area contributed by atoms with E-state index in [4.69, 9.17) is 0 Å². The van der Waals surface area contributed by atoms with Crippen molar-refractivity contribution in [1.82, 2.24) is 0 Å². The second-order valence-electron chi connectivity index (χ2n) is 6.13. The van der Waals surface area contributed by atoms with Crippen LogP contribution in [0.3, 0.4) is 0 Å². The molecule has 1 fully saturated rings. The summed E-state index contributed by atoms with van der Waals surface area (Å²) in [5, 5.41) is 28.5. The highest BCUT2D eigenvalue weighted by Gasteiger charge is 2.55. The fourth-order valence-corrected chi connectivity index (χ4v) is 3.25. The number of hydrogen-bond acceptors (Lipinski definition) is 3. The molecule has 2 N–H and O–H groups in total. The van der Waals surface area contributed by atoms with E-state index >= 15 is 0 Å². The summed E-state index contributed by atoms with van der Waals surface area (Å²) >= 11 is 0. The minimum Gasteiger partial charge on any atom is -0.481 e. The van der Waals surface area contributed by atoms with Crippen LogP contribution in [0.1, 0.15) is 52.4 Å². The van der Waals surface area contributed by atoms with E-state index in [1.807, 2.05) is 19.9 Å². The van der Waals surface area contributed by atoms with Crippen LogP contribution in [0, 0.1) is 34.5 Å². The zero-order valence-corrected chi connectivity index (χ0v) is 12.1. The number of carbonyl (C=O) groups is 2. The number of rotatable bonds is 7. The van der Waals surface area contributed by atoms with Crippen molar-refractivity contribution < 1.29 is 19.8 Å². The maximum Gasteiger partial charge on any atom is 0.325 e. The van der Waals surface area contributed by atoms with Gasteiger partial charge in [-0.2, -0.15) is 5.26 Å². The van der Waals surface area contributed by atoms with E-state index in [1.54, 1.807) is 0 Å². The van der Waals surface area contributed by atoms with Crippen LogP contribution in [0.5, 0.6) is 0 Å². The molecule has 0 radical (unpaired) electrons. The zero-order valence-electron chi connectivity index (χ0n) is 12.1. The fraction of sp³-hybridized carbons (Fsp3) is 0.800. The van der Waals surface area contributed by atoms with E-state index in [-0.39, 0.29) is 18.3 Å². The van der Waals surface area contributed by atoms with Crippen LogP contribution in [-0.2, 0) is 9.59 Å². The average molecular weight is 281 g/mol. The first-order valence-electron chi connectivity index (χ1n) is 7.23. The van der Waals surface area contributed by atoms with Crippen LogP contribution in [-0.4, -0.2) is 22.2 Å². The molecule has 0 aliphatic heterocycles. The fourth-order valence-electron chi connectivity index (χ4n) is 3.25. The minimum atomic E-state index is -1.78. The second-order valence-corrected chi connectivity index (χ2v) is 6.13. The van der Waals surface area contributed by atoms with E-state index < -0.39 is 23.3 Å². The average Bonchev–Trinajstić information content (AvgIpc) is 2.87. The van der Waals surface area contributed by atoms with Crippen molar-refractivity contribution in [3.63, 3.8) is 0 Å². The van der Waals surface area contributed by atoms with E-state index in [9.17, 15) is 25.1 Å². The van der Waals surface area contributed by atoms with Crippen molar-refractivity contribution >= 4 is 11.9 Å². The quantitative estimate of drug-likeness (QED) is 0.747. The molecule has 1 aliphatic carbocycles. The first-order chi connectivity index (χ1) is 9.36. The summed E-state index contributed by atoms with van der Waals surface area (Å²) < 4.78 is 0. The van der Waals surface area contributed by atoms with E-state index in [0.29, 0.717) is 19.3 Å². The smallest absolute Gasteiger partial charge is 0.325 e. The molecule has 0 saturated heterocycles. The summed E-state index contributed by atoms with van der Waals surface area (Å²) in [5.74, 6) is -3.64. The van der Waals surface area contributed by atoms with Gasteiger partial charge < -0.3 is 10.2 Å². The summed E-state index contributed by atoms with van der Waals surface area (Å²) in [6.07, 6.45) is 3.86. The Hall–Kier alpha value is -1.57. The molecule has 0 spiro atoms. The van der Waals surface area contributed by atoms with Crippen LogP contribution in [0.2, 0.25) is 0 Å². The highest BCUT2D eigenvalue weighted by molar-refractivity contribution is 5.86. The molecule has 0 bridgehead atoms. The summed E-state index contributed by atoms with van der Waals surface area (Å²) in [5.41, 5.74) is -1.78. The standard InChI is InChI=1S/C15H23NO4/c1-10(2)7-8-12(13(17)18)15(9-16,14(19)20)11-5-3-4-6-11/h10-12H,3-8H2,1-2H3,(H,17,18)(H,19,20). The molecule has 2 atom stereocenters. The number of carboxylic acid groups (broad SMARTS) is 2. The van der Waals surface area contributed by atoms with Crippen LogP contribution < -0.4 is 0 Å². The van der Waals surface area contributed by atoms with Gasteiger partial charge in [0.1, 0.15) is 0 Å². The summed E-state index contributed by atoms with van der Waals surface area (Å²) in [7, 11) is 0. The lowest BCUT2D eigenvalue weighted by molar-refractivity contribution is -0.162. The molecule has 0 aromatic heterocycles. The Kier molecular flexibility index (Phi) is 5.55. The zero-order chi connectivity index (χ0) is 15.3. The van der Waals surface area contributed by atoms with Gasteiger partial charge in [0.2, 0.25) is 0 Å². The summed E-state index contributed by atoms with van der Waals surface area (Å²) in [4.78, 5) is 23.3. The van der Waals surface area contributed by atoms with Gasteiger partial charge in [-0.3, -0.25) is 9.59 Å². The van der Waals surface area contributed by atoms with E-state index in [1.165, 1.54) is 0 Å². The molecule has 5 heteroatoms. The van der Waals surface area contributed by atoms with E-state index in [2.05, 4.69) is 0 Å². The lowest BCUT2D eigenvalue weighted by Gasteiger charge is -2.34. The Labute approximate surface area is 119 Å². The van der Waals surface area contributed by atoms with Crippen LogP contribution in [0.4, 0.5) is 0 Å². The Bertz CT molecular complexity index is 407. The van der Waals surface area contributed by atoms with Gasteiger partial charge in [-0.05, 0) is 31.1 Å². The normalized spacial score (nSPS) is 20.3. The van der Waals surface area contributed by atoms with Crippen molar-refractivity contribution in [1.29, 1.82) is 5.26 Å². The molecule has 0 heterocycles. The van der Waals surface area contributed by atoms with Crippen molar-refractivity contribution in [3.05, 3.63) is 0 Å². The monoisotopic (exact) mass is 281 g/mol. The number of hydrogen-bond donors (Lipinski definition) is 2. The number of nitriles is 1. The molecule has 1 saturated carbocycles. The van der Waals surface area contributed by atoms with Crippen molar-refractivity contribution in [2.45, 2.75) is 52.4 Å². The first-order valence-corrected chi connectivity index (χ1v) is 7.23. The van der Waals surface area contributed by atoms with Gasteiger partial charge in [0.25, 0.3) is 0 Å². The minimum absolute atomic E-state index is 0.239. The van der Waals surface area contributed by atoms with Crippen LogP contribution in [0.25, 0.3) is 0 Å². The molecule has 5 nitrogen and oxygen atoms in total. The van der Waals surface area contributed by atoms with Gasteiger partial charge in [-0.1, -0.05) is 33.1 Å². The maximum absolute atomic E-state index is 11.7. The van der Waals surface area contributed by atoms with Gasteiger partial charge in [0, 0.05) is 0 Å². The molecule has 1 rings (SSSR count). The second kappa shape index (κ2) is 6.74. The van der Waals surface area contributed by atoms with Gasteiger partial charge in [-0.25, -0.2) is 0 Å². The number of nitrogens with zero attached hydrogens (tertiary/aromatic N) is 1. The van der Waals surface area contributed by atoms with Gasteiger partial charge in [0.15, 0.2) is 5.41 Å². The molecule has 2 unspecified atom stereocenters. The highest BCUT2D eigenvalue weighted by atomic mass is 16.4. The lowest BCUT2D eigenvalue weighted by atomic mass is 9.65. The van der Waals surface area contributed by atoms with Crippen molar-refractivity contribution in [2.75, 3.05) is 0 Å². The lowest BCUT2D eigenvalue weighted by Crippen LogP contribution is -2.46. The molecule has 0 aromatic carbocycles.